The van der Waals surface area contributed by atoms with E-state index >= 15 is 0 Å². The molecule has 2 N–H and O–H groups in total. The SMILES string of the molecule is Nc1ccc(C2CO2)cn1. The van der Waals surface area contributed by atoms with Gasteiger partial charge in [-0.3, -0.25) is 0 Å². The van der Waals surface area contributed by atoms with Crippen molar-refractivity contribution < 1.29 is 4.74 Å². The van der Waals surface area contributed by atoms with Crippen LogP contribution in [-0.4, -0.2) is 11.6 Å². The molecule has 1 aliphatic rings. The molecule has 0 aliphatic carbocycles. The van der Waals surface area contributed by atoms with E-state index in [1.807, 2.05) is 6.07 Å². The zero-order valence-electron chi connectivity index (χ0n) is 5.45. The molecule has 2 rings (SSSR count). The van der Waals surface area contributed by atoms with Gasteiger partial charge >= 0.3 is 0 Å². The summed E-state index contributed by atoms with van der Waals surface area (Å²) in [7, 11) is 0. The summed E-state index contributed by atoms with van der Waals surface area (Å²) in [6, 6.07) is 3.73. The molecule has 2 heterocycles. The van der Waals surface area contributed by atoms with E-state index in [9.17, 15) is 0 Å². The largest absolute Gasteiger partial charge is 0.384 e. The third kappa shape index (κ3) is 0.953. The number of hydrogen-bond donors (Lipinski definition) is 1. The molecule has 1 unspecified atom stereocenters. The maximum atomic E-state index is 5.40. The Morgan fingerprint density at radius 1 is 1.60 bits per heavy atom. The van der Waals surface area contributed by atoms with Crippen LogP contribution in [0.4, 0.5) is 5.82 Å². The van der Waals surface area contributed by atoms with Gasteiger partial charge in [0.15, 0.2) is 0 Å². The quantitative estimate of drug-likeness (QED) is 0.579. The number of nitrogens with zero attached hydrogens (tertiary/aromatic N) is 1. The van der Waals surface area contributed by atoms with Crippen molar-refractivity contribution in [1.82, 2.24) is 4.98 Å². The van der Waals surface area contributed by atoms with Crippen LogP contribution in [0.5, 0.6) is 0 Å². The van der Waals surface area contributed by atoms with Gasteiger partial charge in [-0.15, -0.1) is 0 Å². The van der Waals surface area contributed by atoms with Gasteiger partial charge in [0, 0.05) is 11.8 Å². The van der Waals surface area contributed by atoms with Crippen molar-refractivity contribution in [2.45, 2.75) is 6.10 Å². The normalized spacial score (nSPS) is 22.6. The molecule has 0 radical (unpaired) electrons. The highest BCUT2D eigenvalue weighted by Gasteiger charge is 2.24. The third-order valence-corrected chi connectivity index (χ3v) is 1.51. The minimum Gasteiger partial charge on any atom is -0.384 e. The molecule has 0 saturated carbocycles. The van der Waals surface area contributed by atoms with E-state index in [2.05, 4.69) is 4.98 Å². The molecule has 1 fully saturated rings. The molecule has 3 nitrogen and oxygen atoms in total. The van der Waals surface area contributed by atoms with Crippen molar-refractivity contribution >= 4 is 5.82 Å². The molecule has 3 heteroatoms. The van der Waals surface area contributed by atoms with Crippen molar-refractivity contribution in [2.24, 2.45) is 0 Å². The predicted molar refractivity (Wildman–Crippen MR) is 37.3 cm³/mol. The maximum Gasteiger partial charge on any atom is 0.123 e. The number of rotatable bonds is 1. The second-order valence-electron chi connectivity index (χ2n) is 2.34. The summed E-state index contributed by atoms with van der Waals surface area (Å²) < 4.78 is 5.05. The van der Waals surface area contributed by atoms with E-state index in [0.717, 1.165) is 12.2 Å². The summed E-state index contributed by atoms with van der Waals surface area (Å²) >= 11 is 0. The average Bonchev–Trinajstić information content (AvgIpc) is 2.71. The lowest BCUT2D eigenvalue weighted by molar-refractivity contribution is 0.415. The number of epoxide rings is 1. The molecule has 0 amide bonds. The molecule has 52 valence electrons. The molecule has 1 atom stereocenters. The zero-order chi connectivity index (χ0) is 6.97. The van der Waals surface area contributed by atoms with Gasteiger partial charge in [-0.1, -0.05) is 6.07 Å². The molecule has 1 aliphatic heterocycles. The Kier molecular flexibility index (Phi) is 1.11. The lowest BCUT2D eigenvalue weighted by Gasteiger charge is -1.93. The Hall–Kier alpha value is -1.09. The fraction of sp³-hybridized carbons (Fsp3) is 0.286. The van der Waals surface area contributed by atoms with Gasteiger partial charge < -0.3 is 10.5 Å². The highest BCUT2D eigenvalue weighted by atomic mass is 16.6. The topological polar surface area (TPSA) is 51.4 Å². The number of aromatic nitrogens is 1. The number of anilines is 1. The van der Waals surface area contributed by atoms with Gasteiger partial charge in [0.25, 0.3) is 0 Å². The Morgan fingerprint density at radius 3 is 2.90 bits per heavy atom. The van der Waals surface area contributed by atoms with Gasteiger partial charge in [-0.2, -0.15) is 0 Å². The minimum atomic E-state index is 0.285. The molecule has 1 aromatic heterocycles. The predicted octanol–water partition coefficient (Wildman–Crippen LogP) is 0.735. The number of hydrogen-bond acceptors (Lipinski definition) is 3. The molecule has 1 aromatic rings. The molecule has 0 aromatic carbocycles. The monoisotopic (exact) mass is 136 g/mol. The van der Waals surface area contributed by atoms with E-state index in [1.165, 1.54) is 0 Å². The first kappa shape index (κ1) is 5.68. The Morgan fingerprint density at radius 2 is 2.40 bits per heavy atom. The van der Waals surface area contributed by atoms with Crippen LogP contribution in [0, 0.1) is 0 Å². The van der Waals surface area contributed by atoms with E-state index < -0.39 is 0 Å². The smallest absolute Gasteiger partial charge is 0.123 e. The maximum absolute atomic E-state index is 5.40. The van der Waals surface area contributed by atoms with Gasteiger partial charge in [0.1, 0.15) is 11.9 Å². The number of nitrogen functional groups attached to an aromatic ring is 1. The Balaban J connectivity index is 2.28. The summed E-state index contributed by atoms with van der Waals surface area (Å²) in [5, 5.41) is 0. The molecular weight excluding hydrogens is 128 g/mol. The van der Waals surface area contributed by atoms with Crippen molar-refractivity contribution in [1.29, 1.82) is 0 Å². The highest BCUT2D eigenvalue weighted by Crippen LogP contribution is 2.28. The van der Waals surface area contributed by atoms with Crippen LogP contribution in [0.25, 0.3) is 0 Å². The van der Waals surface area contributed by atoms with E-state index in [1.54, 1.807) is 12.3 Å². The molecule has 0 bridgehead atoms. The van der Waals surface area contributed by atoms with Crippen LogP contribution in [0.1, 0.15) is 11.7 Å². The highest BCUT2D eigenvalue weighted by molar-refractivity contribution is 5.30. The first-order valence-corrected chi connectivity index (χ1v) is 3.19. The van der Waals surface area contributed by atoms with Crippen LogP contribution >= 0.6 is 0 Å². The molecule has 1 saturated heterocycles. The van der Waals surface area contributed by atoms with Gasteiger partial charge in [0.05, 0.1) is 6.61 Å². The Labute approximate surface area is 58.8 Å². The minimum absolute atomic E-state index is 0.285. The fourth-order valence-electron chi connectivity index (χ4n) is 0.848. The molecule has 0 spiro atoms. The van der Waals surface area contributed by atoms with Crippen molar-refractivity contribution in [2.75, 3.05) is 12.3 Å². The number of ether oxygens (including phenoxy) is 1. The van der Waals surface area contributed by atoms with E-state index in [-0.39, 0.29) is 6.10 Å². The molecule has 10 heavy (non-hydrogen) atoms. The van der Waals surface area contributed by atoms with Crippen molar-refractivity contribution in [3.8, 4) is 0 Å². The van der Waals surface area contributed by atoms with Crippen LogP contribution in [0.2, 0.25) is 0 Å². The number of pyridine rings is 1. The first-order valence-electron chi connectivity index (χ1n) is 3.19. The van der Waals surface area contributed by atoms with Gasteiger partial charge in [-0.25, -0.2) is 4.98 Å². The van der Waals surface area contributed by atoms with Crippen LogP contribution in [0.3, 0.4) is 0 Å². The van der Waals surface area contributed by atoms with E-state index in [4.69, 9.17) is 10.5 Å². The summed E-state index contributed by atoms with van der Waals surface area (Å²) in [6.07, 6.45) is 2.04. The fourth-order valence-corrected chi connectivity index (χ4v) is 0.848. The summed E-state index contributed by atoms with van der Waals surface area (Å²) in [4.78, 5) is 3.94. The lowest BCUT2D eigenvalue weighted by atomic mass is 10.2. The standard InChI is InChI=1S/C7H8N2O/c8-7-2-1-5(3-9-7)6-4-10-6/h1-3,6H,4H2,(H2,8,9). The van der Waals surface area contributed by atoms with Crippen molar-refractivity contribution in [3.05, 3.63) is 23.9 Å². The second kappa shape index (κ2) is 1.95. The summed E-state index contributed by atoms with van der Waals surface area (Å²) in [5.74, 6) is 0.560. The second-order valence-corrected chi connectivity index (χ2v) is 2.34. The van der Waals surface area contributed by atoms with Crippen LogP contribution in [-0.2, 0) is 4.74 Å². The third-order valence-electron chi connectivity index (χ3n) is 1.51. The zero-order valence-corrected chi connectivity index (χ0v) is 5.45. The lowest BCUT2D eigenvalue weighted by Crippen LogP contribution is -1.90. The number of nitrogens with two attached hydrogens (primary N) is 1. The first-order chi connectivity index (χ1) is 4.86. The molecular formula is C7H8N2O. The van der Waals surface area contributed by atoms with Gasteiger partial charge in [0.2, 0.25) is 0 Å². The summed E-state index contributed by atoms with van der Waals surface area (Å²) in [6.45, 7) is 0.825. The average molecular weight is 136 g/mol. The van der Waals surface area contributed by atoms with Crippen molar-refractivity contribution in [3.63, 3.8) is 0 Å². The summed E-state index contributed by atoms with van der Waals surface area (Å²) in [5.41, 5.74) is 6.51. The van der Waals surface area contributed by atoms with Crippen LogP contribution < -0.4 is 5.73 Å². The Bertz CT molecular complexity index is 228. The van der Waals surface area contributed by atoms with E-state index in [0.29, 0.717) is 5.82 Å². The van der Waals surface area contributed by atoms with Crippen LogP contribution in [0.15, 0.2) is 18.3 Å². The van der Waals surface area contributed by atoms with Gasteiger partial charge in [-0.05, 0) is 6.07 Å².